The molecule has 0 saturated heterocycles. The quantitative estimate of drug-likeness (QED) is 0.380. The molecule has 4 heteroatoms. The van der Waals surface area contributed by atoms with Gasteiger partial charge in [-0.15, -0.1) is 11.6 Å². The van der Waals surface area contributed by atoms with E-state index in [1.54, 1.807) is 6.92 Å². The van der Waals surface area contributed by atoms with Crippen LogP contribution in [0.5, 0.6) is 0 Å². The zero-order valence-corrected chi connectivity index (χ0v) is 6.25. The highest BCUT2D eigenvalue weighted by Crippen LogP contribution is 1.99. The minimum absolute atomic E-state index is 0.259. The van der Waals surface area contributed by atoms with Crippen molar-refractivity contribution in [3.63, 3.8) is 0 Å². The van der Waals surface area contributed by atoms with Crippen molar-refractivity contribution in [1.29, 1.82) is 0 Å². The molecular formula is C4H8ClO2P. The van der Waals surface area contributed by atoms with Gasteiger partial charge < -0.3 is 9.63 Å². The van der Waals surface area contributed by atoms with Crippen LogP contribution in [0.4, 0.5) is 0 Å². The molecule has 48 valence electrons. The molecule has 0 aliphatic rings. The van der Waals surface area contributed by atoms with Crippen LogP contribution in [0.25, 0.3) is 0 Å². The fraction of sp³-hybridized carbons (Fsp3) is 0.750. The summed E-state index contributed by atoms with van der Waals surface area (Å²) in [6, 6.07) is 0. The lowest BCUT2D eigenvalue weighted by molar-refractivity contribution is 0.398. The predicted molar refractivity (Wildman–Crippen MR) is 36.2 cm³/mol. The van der Waals surface area contributed by atoms with Gasteiger partial charge >= 0.3 is 0 Å². The largest absolute Gasteiger partial charge is 0.359 e. The summed E-state index contributed by atoms with van der Waals surface area (Å²) in [5.74, 6) is 0.473. The standard InChI is InChI=1S/C4H8ClO2P/c1-4(6)8-7-3-2-5/h6H,2-3H2,1H3. The molecule has 0 spiro atoms. The van der Waals surface area contributed by atoms with Gasteiger partial charge in [0.1, 0.15) is 0 Å². The summed E-state index contributed by atoms with van der Waals surface area (Å²) in [5, 5.41) is 8.52. The molecule has 0 aromatic carbocycles. The van der Waals surface area contributed by atoms with E-state index in [0.29, 0.717) is 20.9 Å². The van der Waals surface area contributed by atoms with Crippen molar-refractivity contribution in [2.24, 2.45) is 0 Å². The number of hydrogen-bond acceptors (Lipinski definition) is 1. The Hall–Kier alpha value is 0.380. The zero-order chi connectivity index (χ0) is 6.41. The van der Waals surface area contributed by atoms with Crippen molar-refractivity contribution in [2.75, 3.05) is 12.5 Å². The highest BCUT2D eigenvalue weighted by atomic mass is 35.5. The Morgan fingerprint density at radius 3 is 2.88 bits per heavy atom. The van der Waals surface area contributed by atoms with E-state index in [1.807, 2.05) is 0 Å². The molecule has 0 bridgehead atoms. The first-order valence-corrected chi connectivity index (χ1v) is 3.53. The van der Waals surface area contributed by atoms with E-state index in [9.17, 15) is 0 Å². The summed E-state index contributed by atoms with van der Waals surface area (Å²) in [4.78, 5) is 0. The number of aliphatic hydroxyl groups is 1. The molecule has 1 N–H and O–H groups in total. The molecule has 8 heavy (non-hydrogen) atoms. The fourth-order valence-corrected chi connectivity index (χ4v) is 0.728. The lowest BCUT2D eigenvalue weighted by Gasteiger charge is -1.89. The van der Waals surface area contributed by atoms with Crippen LogP contribution in [0, 0.1) is 0 Å². The molecule has 0 radical (unpaired) electrons. The van der Waals surface area contributed by atoms with Crippen molar-refractivity contribution in [3.05, 3.63) is 0 Å². The first-order valence-electron chi connectivity index (χ1n) is 2.19. The van der Waals surface area contributed by atoms with E-state index in [2.05, 4.69) is 0 Å². The average Bonchev–Trinajstić information content (AvgIpc) is 1.66. The topological polar surface area (TPSA) is 29.5 Å². The Balaban J connectivity index is 3.03. The van der Waals surface area contributed by atoms with Crippen molar-refractivity contribution < 1.29 is 9.63 Å². The van der Waals surface area contributed by atoms with Crippen LogP contribution in [0.15, 0.2) is 0 Å². The van der Waals surface area contributed by atoms with Crippen LogP contribution in [-0.4, -0.2) is 23.1 Å². The number of halogens is 1. The lowest BCUT2D eigenvalue weighted by Crippen LogP contribution is -1.86. The monoisotopic (exact) mass is 154 g/mol. The van der Waals surface area contributed by atoms with Gasteiger partial charge in [-0.3, -0.25) is 0 Å². The minimum atomic E-state index is 0.259. The first-order chi connectivity index (χ1) is 3.77. The maximum atomic E-state index is 8.52. The van der Waals surface area contributed by atoms with Crippen LogP contribution in [0.3, 0.4) is 0 Å². The van der Waals surface area contributed by atoms with Crippen LogP contribution in [0.1, 0.15) is 6.92 Å². The Morgan fingerprint density at radius 2 is 2.50 bits per heavy atom. The molecule has 2 nitrogen and oxygen atoms in total. The number of hydrogen-bond donors (Lipinski definition) is 1. The first kappa shape index (κ1) is 8.38. The molecule has 0 atom stereocenters. The average molecular weight is 155 g/mol. The zero-order valence-electron chi connectivity index (χ0n) is 4.59. The van der Waals surface area contributed by atoms with Gasteiger partial charge in [-0.05, 0) is 6.92 Å². The molecule has 0 aromatic rings. The third kappa shape index (κ3) is 6.38. The molecule has 0 aliphatic carbocycles. The molecule has 0 unspecified atom stereocenters. The van der Waals surface area contributed by atoms with E-state index in [1.165, 1.54) is 0 Å². The van der Waals surface area contributed by atoms with Gasteiger partial charge in [0.15, 0.2) is 0 Å². The highest BCUT2D eigenvalue weighted by Gasteiger charge is 1.80. The second-order valence-corrected chi connectivity index (χ2v) is 2.63. The molecule has 0 aromatic heterocycles. The molecule has 0 heterocycles. The molecule has 0 rings (SSSR count). The van der Waals surface area contributed by atoms with E-state index in [0.717, 1.165) is 0 Å². The van der Waals surface area contributed by atoms with E-state index in [-0.39, 0.29) is 5.48 Å². The van der Waals surface area contributed by atoms with Crippen molar-refractivity contribution in [3.8, 4) is 0 Å². The Bertz CT molecular complexity index is 80.1. The number of rotatable bonds is 3. The normalized spacial score (nSPS) is 12.1. The SMILES string of the molecule is CC(O)=POCCCl. The molecule has 0 saturated carbocycles. The molecule has 0 aliphatic heterocycles. The Morgan fingerprint density at radius 1 is 1.88 bits per heavy atom. The maximum Gasteiger partial charge on any atom is 0.0960 e. The second kappa shape index (κ2) is 5.52. The van der Waals surface area contributed by atoms with Crippen LogP contribution in [-0.2, 0) is 4.52 Å². The van der Waals surface area contributed by atoms with Crippen LogP contribution < -0.4 is 0 Å². The van der Waals surface area contributed by atoms with Gasteiger partial charge in [0.2, 0.25) is 0 Å². The summed E-state index contributed by atoms with van der Waals surface area (Å²) in [6.45, 7) is 2.07. The van der Waals surface area contributed by atoms with Gasteiger partial charge in [0.25, 0.3) is 0 Å². The molecule has 0 amide bonds. The summed E-state index contributed by atoms with van der Waals surface area (Å²) in [5.41, 5.74) is 0.259. The van der Waals surface area contributed by atoms with E-state index >= 15 is 0 Å². The summed E-state index contributed by atoms with van der Waals surface area (Å²) in [7, 11) is 0.513. The van der Waals surface area contributed by atoms with E-state index in [4.69, 9.17) is 21.2 Å². The maximum absolute atomic E-state index is 8.52. The van der Waals surface area contributed by atoms with Crippen molar-refractivity contribution >= 4 is 25.5 Å². The fourth-order valence-electron chi connectivity index (χ4n) is 0.174. The Labute approximate surface area is 55.3 Å². The highest BCUT2D eigenvalue weighted by molar-refractivity contribution is 7.34. The van der Waals surface area contributed by atoms with Gasteiger partial charge in [-0.1, -0.05) is 0 Å². The molecule has 0 fully saturated rings. The summed E-state index contributed by atoms with van der Waals surface area (Å²) in [6.07, 6.45) is 0. The van der Waals surface area contributed by atoms with Gasteiger partial charge in [-0.25, -0.2) is 0 Å². The minimum Gasteiger partial charge on any atom is -0.359 e. The second-order valence-electron chi connectivity index (χ2n) is 1.16. The van der Waals surface area contributed by atoms with Gasteiger partial charge in [0, 0.05) is 5.88 Å². The number of aliphatic hydroxyl groups excluding tert-OH is 1. The predicted octanol–water partition coefficient (Wildman–Crippen LogP) is 1.63. The molecular weight excluding hydrogens is 146 g/mol. The Kier molecular flexibility index (Phi) is 5.78. The van der Waals surface area contributed by atoms with Gasteiger partial charge in [-0.2, -0.15) is 0 Å². The van der Waals surface area contributed by atoms with Gasteiger partial charge in [0.05, 0.1) is 20.5 Å². The lowest BCUT2D eigenvalue weighted by atomic mass is 10.9. The third-order valence-electron chi connectivity index (χ3n) is 0.365. The van der Waals surface area contributed by atoms with Crippen molar-refractivity contribution in [2.45, 2.75) is 6.92 Å². The summed E-state index contributed by atoms with van der Waals surface area (Å²) >= 11 is 5.26. The number of alkyl halides is 1. The smallest absolute Gasteiger partial charge is 0.0960 e. The van der Waals surface area contributed by atoms with Crippen LogP contribution >= 0.6 is 20.0 Å². The van der Waals surface area contributed by atoms with E-state index < -0.39 is 0 Å². The van der Waals surface area contributed by atoms with Crippen LogP contribution in [0.2, 0.25) is 0 Å². The summed E-state index contributed by atoms with van der Waals surface area (Å²) < 4.78 is 4.80. The third-order valence-corrected chi connectivity index (χ3v) is 1.10. The van der Waals surface area contributed by atoms with Crippen molar-refractivity contribution in [1.82, 2.24) is 0 Å².